The van der Waals surface area contributed by atoms with E-state index in [4.69, 9.17) is 4.74 Å². The number of esters is 1. The monoisotopic (exact) mass is 171 g/mol. The van der Waals surface area contributed by atoms with E-state index < -0.39 is 0 Å². The second kappa shape index (κ2) is 3.90. The fourth-order valence-corrected chi connectivity index (χ4v) is 1.81. The predicted octanol–water partition coefficient (Wildman–Crippen LogP) is 0.890. The summed E-state index contributed by atoms with van der Waals surface area (Å²) in [5.41, 5.74) is 0. The molecule has 0 bridgehead atoms. The average Bonchev–Trinajstić information content (AvgIpc) is 2.51. The molecule has 3 nitrogen and oxygen atoms in total. The second-order valence-corrected chi connectivity index (χ2v) is 3.65. The van der Waals surface area contributed by atoms with Crippen LogP contribution in [0.3, 0.4) is 0 Å². The Labute approximate surface area is 73.7 Å². The lowest BCUT2D eigenvalue weighted by Crippen LogP contribution is -2.25. The van der Waals surface area contributed by atoms with Gasteiger partial charge in [-0.3, -0.25) is 4.79 Å². The van der Waals surface area contributed by atoms with Gasteiger partial charge >= 0.3 is 5.97 Å². The van der Waals surface area contributed by atoms with Crippen LogP contribution in [0.1, 0.15) is 19.3 Å². The lowest BCUT2D eigenvalue weighted by atomic mass is 10.1. The van der Waals surface area contributed by atoms with Gasteiger partial charge in [0.25, 0.3) is 0 Å². The van der Waals surface area contributed by atoms with Crippen LogP contribution in [0.5, 0.6) is 0 Å². The van der Waals surface area contributed by atoms with E-state index >= 15 is 0 Å². The second-order valence-electron chi connectivity index (χ2n) is 3.65. The SMILES string of the molecule is COC(=O)C1CCC(N(C)C)C1. The summed E-state index contributed by atoms with van der Waals surface area (Å²) in [7, 11) is 5.58. The zero-order chi connectivity index (χ0) is 9.14. The summed E-state index contributed by atoms with van der Waals surface area (Å²) in [6, 6.07) is 0.564. The molecule has 1 aliphatic rings. The maximum Gasteiger partial charge on any atom is 0.308 e. The number of rotatable bonds is 2. The van der Waals surface area contributed by atoms with Crippen LogP contribution in [-0.4, -0.2) is 38.1 Å². The molecule has 1 saturated carbocycles. The molecule has 0 radical (unpaired) electrons. The molecule has 0 aromatic rings. The summed E-state index contributed by atoms with van der Waals surface area (Å²) in [5.74, 6) is 0.0988. The zero-order valence-corrected chi connectivity index (χ0v) is 8.04. The van der Waals surface area contributed by atoms with Gasteiger partial charge in [-0.05, 0) is 33.4 Å². The summed E-state index contributed by atoms with van der Waals surface area (Å²) >= 11 is 0. The standard InChI is InChI=1S/C9H17NO2/c1-10(2)8-5-4-7(6-8)9(11)12-3/h7-8H,4-6H2,1-3H3. The van der Waals surface area contributed by atoms with Crippen LogP contribution in [0.2, 0.25) is 0 Å². The fourth-order valence-electron chi connectivity index (χ4n) is 1.81. The van der Waals surface area contributed by atoms with Crippen molar-refractivity contribution in [1.29, 1.82) is 0 Å². The summed E-state index contributed by atoms with van der Waals surface area (Å²) in [4.78, 5) is 13.3. The molecule has 70 valence electrons. The van der Waals surface area contributed by atoms with E-state index in [9.17, 15) is 4.79 Å². The van der Waals surface area contributed by atoms with Gasteiger partial charge in [0.2, 0.25) is 0 Å². The number of ether oxygens (including phenoxy) is 1. The van der Waals surface area contributed by atoms with Gasteiger partial charge in [-0.1, -0.05) is 0 Å². The highest BCUT2D eigenvalue weighted by atomic mass is 16.5. The molecule has 0 aromatic carbocycles. The number of nitrogens with zero attached hydrogens (tertiary/aromatic N) is 1. The quantitative estimate of drug-likeness (QED) is 0.578. The lowest BCUT2D eigenvalue weighted by Gasteiger charge is -2.18. The van der Waals surface area contributed by atoms with E-state index in [-0.39, 0.29) is 11.9 Å². The van der Waals surface area contributed by atoms with Gasteiger partial charge in [-0.2, -0.15) is 0 Å². The Bertz CT molecular complexity index is 168. The Morgan fingerprint density at radius 3 is 2.50 bits per heavy atom. The molecular weight excluding hydrogens is 154 g/mol. The molecule has 3 heteroatoms. The van der Waals surface area contributed by atoms with Crippen molar-refractivity contribution >= 4 is 5.97 Å². The van der Waals surface area contributed by atoms with Gasteiger partial charge in [0.05, 0.1) is 13.0 Å². The van der Waals surface area contributed by atoms with Crippen molar-refractivity contribution in [3.05, 3.63) is 0 Å². The number of methoxy groups -OCH3 is 1. The van der Waals surface area contributed by atoms with Crippen LogP contribution < -0.4 is 0 Å². The molecule has 1 fully saturated rings. The minimum Gasteiger partial charge on any atom is -0.469 e. The van der Waals surface area contributed by atoms with E-state index in [1.54, 1.807) is 0 Å². The minimum absolute atomic E-state index is 0.0423. The maximum atomic E-state index is 11.1. The van der Waals surface area contributed by atoms with Gasteiger partial charge in [0.15, 0.2) is 0 Å². The minimum atomic E-state index is -0.0423. The third kappa shape index (κ3) is 1.97. The van der Waals surface area contributed by atoms with Gasteiger partial charge in [0.1, 0.15) is 0 Å². The lowest BCUT2D eigenvalue weighted by molar-refractivity contribution is -0.145. The predicted molar refractivity (Wildman–Crippen MR) is 46.8 cm³/mol. The van der Waals surface area contributed by atoms with Crippen molar-refractivity contribution in [3.63, 3.8) is 0 Å². The van der Waals surface area contributed by atoms with Crippen molar-refractivity contribution in [2.75, 3.05) is 21.2 Å². The zero-order valence-electron chi connectivity index (χ0n) is 8.04. The van der Waals surface area contributed by atoms with E-state index in [2.05, 4.69) is 19.0 Å². The summed E-state index contributed by atoms with van der Waals surface area (Å²) in [6.45, 7) is 0. The third-order valence-electron chi connectivity index (χ3n) is 2.67. The molecule has 0 spiro atoms. The first-order chi connectivity index (χ1) is 5.65. The van der Waals surface area contributed by atoms with Crippen molar-refractivity contribution < 1.29 is 9.53 Å². The molecule has 2 atom stereocenters. The first-order valence-corrected chi connectivity index (χ1v) is 4.39. The van der Waals surface area contributed by atoms with Crippen LogP contribution in [-0.2, 0) is 9.53 Å². The molecule has 0 N–H and O–H groups in total. The van der Waals surface area contributed by atoms with Crippen LogP contribution in [0.25, 0.3) is 0 Å². The molecule has 12 heavy (non-hydrogen) atoms. The van der Waals surface area contributed by atoms with Crippen molar-refractivity contribution in [2.45, 2.75) is 25.3 Å². The van der Waals surface area contributed by atoms with Crippen LogP contribution in [0.15, 0.2) is 0 Å². The first-order valence-electron chi connectivity index (χ1n) is 4.39. The van der Waals surface area contributed by atoms with Crippen molar-refractivity contribution in [2.24, 2.45) is 5.92 Å². The summed E-state index contributed by atoms with van der Waals surface area (Å²) in [5, 5.41) is 0. The van der Waals surface area contributed by atoms with Gasteiger partial charge in [-0.25, -0.2) is 0 Å². The molecule has 1 rings (SSSR count). The number of hydrogen-bond donors (Lipinski definition) is 0. The molecular formula is C9H17NO2. The van der Waals surface area contributed by atoms with Crippen LogP contribution in [0, 0.1) is 5.92 Å². The van der Waals surface area contributed by atoms with Crippen molar-refractivity contribution in [1.82, 2.24) is 4.90 Å². The number of carbonyl (C=O) groups is 1. The van der Waals surface area contributed by atoms with Gasteiger partial charge < -0.3 is 9.64 Å². The topological polar surface area (TPSA) is 29.5 Å². The van der Waals surface area contributed by atoms with E-state index in [1.165, 1.54) is 7.11 Å². The fraction of sp³-hybridized carbons (Fsp3) is 0.889. The molecule has 0 amide bonds. The van der Waals surface area contributed by atoms with Gasteiger partial charge in [-0.15, -0.1) is 0 Å². The molecule has 2 unspecified atom stereocenters. The Hall–Kier alpha value is -0.570. The van der Waals surface area contributed by atoms with Crippen molar-refractivity contribution in [3.8, 4) is 0 Å². The first kappa shape index (κ1) is 9.52. The molecule has 0 heterocycles. The molecule has 0 aliphatic heterocycles. The smallest absolute Gasteiger partial charge is 0.308 e. The molecule has 1 aliphatic carbocycles. The van der Waals surface area contributed by atoms with Gasteiger partial charge in [0, 0.05) is 6.04 Å². The summed E-state index contributed by atoms with van der Waals surface area (Å²) in [6.07, 6.45) is 3.06. The van der Waals surface area contributed by atoms with E-state index in [1.807, 2.05) is 0 Å². The van der Waals surface area contributed by atoms with Crippen LogP contribution in [0.4, 0.5) is 0 Å². The average molecular weight is 171 g/mol. The summed E-state index contributed by atoms with van der Waals surface area (Å²) < 4.78 is 4.70. The normalized spacial score (nSPS) is 29.3. The Morgan fingerprint density at radius 1 is 1.42 bits per heavy atom. The van der Waals surface area contributed by atoms with Crippen LogP contribution >= 0.6 is 0 Å². The van der Waals surface area contributed by atoms with E-state index in [0.29, 0.717) is 6.04 Å². The number of carbonyl (C=O) groups excluding carboxylic acids is 1. The largest absolute Gasteiger partial charge is 0.469 e. The number of hydrogen-bond acceptors (Lipinski definition) is 3. The Kier molecular flexibility index (Phi) is 3.09. The van der Waals surface area contributed by atoms with E-state index in [0.717, 1.165) is 19.3 Å². The third-order valence-corrected chi connectivity index (χ3v) is 2.67. The highest BCUT2D eigenvalue weighted by molar-refractivity contribution is 5.72. The Morgan fingerprint density at radius 2 is 2.08 bits per heavy atom. The molecule has 0 aromatic heterocycles. The Balaban J connectivity index is 2.40. The maximum absolute atomic E-state index is 11.1. The highest BCUT2D eigenvalue weighted by Crippen LogP contribution is 2.28. The molecule has 0 saturated heterocycles. The highest BCUT2D eigenvalue weighted by Gasteiger charge is 2.31.